The molecule has 1 aromatic rings. The average Bonchev–Trinajstić information content (AvgIpc) is 2.57. The SMILES string of the molecule is COCCOCn1cc[n+](C)c1/C=N/O.[Cl-]. The lowest BCUT2D eigenvalue weighted by Crippen LogP contribution is -3.00. The van der Waals surface area contributed by atoms with Crippen LogP contribution in [0.4, 0.5) is 0 Å². The molecule has 0 aliphatic heterocycles. The van der Waals surface area contributed by atoms with E-state index in [2.05, 4.69) is 5.16 Å². The Morgan fingerprint density at radius 3 is 2.94 bits per heavy atom. The van der Waals surface area contributed by atoms with E-state index < -0.39 is 0 Å². The van der Waals surface area contributed by atoms with Gasteiger partial charge in [0.25, 0.3) is 0 Å². The topological polar surface area (TPSA) is 59.9 Å². The van der Waals surface area contributed by atoms with Crippen LogP contribution in [0.5, 0.6) is 0 Å². The molecule has 0 aliphatic carbocycles. The third kappa shape index (κ3) is 4.18. The van der Waals surface area contributed by atoms with Crippen molar-refractivity contribution in [2.24, 2.45) is 12.2 Å². The van der Waals surface area contributed by atoms with Crippen LogP contribution in [-0.4, -0.2) is 36.3 Å². The second-order valence-corrected chi connectivity index (χ2v) is 3.01. The van der Waals surface area contributed by atoms with Gasteiger partial charge in [-0.3, -0.25) is 0 Å². The Balaban J connectivity index is 0.00000225. The van der Waals surface area contributed by atoms with E-state index in [9.17, 15) is 0 Å². The fourth-order valence-corrected chi connectivity index (χ4v) is 1.17. The van der Waals surface area contributed by atoms with Crippen molar-refractivity contribution in [3.05, 3.63) is 18.2 Å². The predicted octanol–water partition coefficient (Wildman–Crippen LogP) is -3.25. The van der Waals surface area contributed by atoms with E-state index in [0.29, 0.717) is 19.9 Å². The molecular formula is C9H16ClN3O3. The van der Waals surface area contributed by atoms with E-state index in [1.54, 1.807) is 7.11 Å². The third-order valence-corrected chi connectivity index (χ3v) is 1.96. The minimum absolute atomic E-state index is 0. The largest absolute Gasteiger partial charge is 1.00 e. The van der Waals surface area contributed by atoms with Gasteiger partial charge in [-0.05, 0) is 0 Å². The van der Waals surface area contributed by atoms with Gasteiger partial charge < -0.3 is 27.1 Å². The first-order chi connectivity index (χ1) is 7.29. The zero-order valence-corrected chi connectivity index (χ0v) is 10.1. The van der Waals surface area contributed by atoms with Crippen molar-refractivity contribution in [3.8, 4) is 0 Å². The van der Waals surface area contributed by atoms with Crippen molar-refractivity contribution in [1.82, 2.24) is 4.57 Å². The van der Waals surface area contributed by atoms with Gasteiger partial charge in [-0.15, -0.1) is 0 Å². The molecule has 0 spiro atoms. The highest BCUT2D eigenvalue weighted by molar-refractivity contribution is 5.72. The zero-order chi connectivity index (χ0) is 11.1. The molecule has 0 amide bonds. The van der Waals surface area contributed by atoms with E-state index in [0.717, 1.165) is 5.82 Å². The molecule has 0 atom stereocenters. The van der Waals surface area contributed by atoms with Crippen molar-refractivity contribution < 1.29 is 31.7 Å². The summed E-state index contributed by atoms with van der Waals surface area (Å²) in [4.78, 5) is 0. The summed E-state index contributed by atoms with van der Waals surface area (Å²) in [7, 11) is 3.49. The number of imidazole rings is 1. The number of methoxy groups -OCH3 is 1. The maximum absolute atomic E-state index is 8.48. The summed E-state index contributed by atoms with van der Waals surface area (Å²) in [6, 6.07) is 0. The third-order valence-electron chi connectivity index (χ3n) is 1.96. The van der Waals surface area contributed by atoms with Gasteiger partial charge in [0, 0.05) is 7.11 Å². The number of rotatable bonds is 6. The van der Waals surface area contributed by atoms with E-state index in [1.807, 2.05) is 28.6 Å². The molecular weight excluding hydrogens is 234 g/mol. The fourth-order valence-electron chi connectivity index (χ4n) is 1.17. The zero-order valence-electron chi connectivity index (χ0n) is 9.34. The number of hydrogen-bond donors (Lipinski definition) is 1. The molecule has 0 saturated heterocycles. The summed E-state index contributed by atoms with van der Waals surface area (Å²) < 4.78 is 13.9. The number of hydrogen-bond acceptors (Lipinski definition) is 4. The first-order valence-electron chi connectivity index (χ1n) is 4.58. The monoisotopic (exact) mass is 249 g/mol. The van der Waals surface area contributed by atoms with Crippen LogP contribution in [-0.2, 0) is 23.3 Å². The van der Waals surface area contributed by atoms with Gasteiger partial charge in [-0.2, -0.15) is 0 Å². The first kappa shape index (κ1) is 14.9. The molecule has 0 fully saturated rings. The summed E-state index contributed by atoms with van der Waals surface area (Å²) in [5, 5.41) is 11.5. The lowest BCUT2D eigenvalue weighted by Gasteiger charge is -2.01. The first-order valence-corrected chi connectivity index (χ1v) is 4.58. The summed E-state index contributed by atoms with van der Waals surface area (Å²) in [5.41, 5.74) is 0. The van der Waals surface area contributed by atoms with Crippen molar-refractivity contribution in [1.29, 1.82) is 0 Å². The highest BCUT2D eigenvalue weighted by Gasteiger charge is 2.11. The molecule has 0 aliphatic rings. The number of nitrogens with zero attached hydrogens (tertiary/aromatic N) is 3. The number of halogens is 1. The molecule has 0 radical (unpaired) electrons. The second-order valence-electron chi connectivity index (χ2n) is 3.01. The lowest BCUT2D eigenvalue weighted by atomic mass is 10.6. The highest BCUT2D eigenvalue weighted by Crippen LogP contribution is 1.93. The smallest absolute Gasteiger partial charge is 0.305 e. The quantitative estimate of drug-likeness (QED) is 0.189. The number of aromatic nitrogens is 2. The molecule has 0 aromatic carbocycles. The molecule has 0 saturated carbocycles. The Labute approximate surface area is 100 Å². The van der Waals surface area contributed by atoms with Crippen LogP contribution in [0.1, 0.15) is 5.82 Å². The molecule has 92 valence electrons. The maximum atomic E-state index is 8.48. The molecule has 1 rings (SSSR count). The van der Waals surface area contributed by atoms with Gasteiger partial charge in [0.15, 0.2) is 12.9 Å². The highest BCUT2D eigenvalue weighted by atomic mass is 35.5. The molecule has 1 heterocycles. The molecule has 0 unspecified atom stereocenters. The van der Waals surface area contributed by atoms with Gasteiger partial charge in [0.05, 0.1) is 20.3 Å². The maximum Gasteiger partial charge on any atom is 0.305 e. The standard InChI is InChI=1S/C9H15N3O3.ClH/c1-11-3-4-12(9(11)7-10-13)8-15-6-5-14-2;/h3-4,7H,5-6,8H2,1-2H3;1H. The van der Waals surface area contributed by atoms with Gasteiger partial charge in [0.2, 0.25) is 0 Å². The molecule has 6 nitrogen and oxygen atoms in total. The van der Waals surface area contributed by atoms with Crippen LogP contribution in [0.25, 0.3) is 0 Å². The van der Waals surface area contributed by atoms with E-state index in [1.165, 1.54) is 6.21 Å². The molecule has 0 bridgehead atoms. The van der Waals surface area contributed by atoms with Gasteiger partial charge >= 0.3 is 5.82 Å². The Kier molecular flexibility index (Phi) is 7.53. The summed E-state index contributed by atoms with van der Waals surface area (Å²) in [6.07, 6.45) is 5.07. The number of aryl methyl sites for hydroxylation is 1. The average molecular weight is 250 g/mol. The van der Waals surface area contributed by atoms with Gasteiger partial charge in [-0.25, -0.2) is 9.13 Å². The Morgan fingerprint density at radius 1 is 1.56 bits per heavy atom. The molecule has 16 heavy (non-hydrogen) atoms. The van der Waals surface area contributed by atoms with E-state index >= 15 is 0 Å². The van der Waals surface area contributed by atoms with Crippen LogP contribution in [0.3, 0.4) is 0 Å². The van der Waals surface area contributed by atoms with Gasteiger partial charge in [-0.1, -0.05) is 5.16 Å². The lowest BCUT2D eigenvalue weighted by molar-refractivity contribution is -0.672. The Morgan fingerprint density at radius 2 is 2.31 bits per heavy atom. The van der Waals surface area contributed by atoms with Crippen LogP contribution in [0, 0.1) is 0 Å². The van der Waals surface area contributed by atoms with Crippen LogP contribution in [0.15, 0.2) is 17.5 Å². The van der Waals surface area contributed by atoms with Crippen molar-refractivity contribution in [3.63, 3.8) is 0 Å². The molecule has 1 aromatic heterocycles. The summed E-state index contributed by atoms with van der Waals surface area (Å²) >= 11 is 0. The number of oxime groups is 1. The second kappa shape index (κ2) is 8.09. The van der Waals surface area contributed by atoms with E-state index in [4.69, 9.17) is 14.7 Å². The Bertz CT molecular complexity index is 328. The Hall–Kier alpha value is -1.11. The van der Waals surface area contributed by atoms with Crippen molar-refractivity contribution in [2.45, 2.75) is 6.73 Å². The molecule has 1 N–H and O–H groups in total. The summed E-state index contributed by atoms with van der Waals surface area (Å²) in [5.74, 6) is 0.759. The minimum atomic E-state index is 0. The van der Waals surface area contributed by atoms with Gasteiger partial charge in [0.1, 0.15) is 12.4 Å². The van der Waals surface area contributed by atoms with Crippen LogP contribution < -0.4 is 17.0 Å². The predicted molar refractivity (Wildman–Crippen MR) is 52.8 cm³/mol. The van der Waals surface area contributed by atoms with Crippen LogP contribution in [0.2, 0.25) is 0 Å². The molecule has 7 heteroatoms. The van der Waals surface area contributed by atoms with Crippen molar-refractivity contribution >= 4 is 6.21 Å². The minimum Gasteiger partial charge on any atom is -1.00 e. The van der Waals surface area contributed by atoms with Crippen LogP contribution >= 0.6 is 0 Å². The number of ether oxygens (including phenoxy) is 2. The fraction of sp³-hybridized carbons (Fsp3) is 0.556. The van der Waals surface area contributed by atoms with Crippen molar-refractivity contribution in [2.75, 3.05) is 20.3 Å². The normalized spacial score (nSPS) is 10.6. The van der Waals surface area contributed by atoms with E-state index in [-0.39, 0.29) is 12.4 Å². The summed E-state index contributed by atoms with van der Waals surface area (Å²) in [6.45, 7) is 1.51.